The maximum absolute atomic E-state index is 11.2. The second-order valence-electron chi connectivity index (χ2n) is 2.88. The molecule has 1 fully saturated rings. The van der Waals surface area contributed by atoms with E-state index in [0.717, 1.165) is 0 Å². The molecule has 5 heteroatoms. The van der Waals surface area contributed by atoms with Crippen LogP contribution in [0.15, 0.2) is 12.2 Å². The summed E-state index contributed by atoms with van der Waals surface area (Å²) in [4.78, 5) is 10.9. The Balaban J connectivity index is 2.60. The van der Waals surface area contributed by atoms with Gasteiger partial charge in [-0.2, -0.15) is 0 Å². The van der Waals surface area contributed by atoms with Gasteiger partial charge in [0, 0.05) is 6.08 Å². The van der Waals surface area contributed by atoms with Gasteiger partial charge in [-0.3, -0.25) is 0 Å². The molecule has 1 saturated heterocycles. The Morgan fingerprint density at radius 2 is 2.23 bits per heavy atom. The molecule has 0 aromatic heterocycles. The number of hydrogen-bond acceptors (Lipinski definition) is 4. The summed E-state index contributed by atoms with van der Waals surface area (Å²) in [6.45, 7) is 1.67. The van der Waals surface area contributed by atoms with Gasteiger partial charge in [0.25, 0.3) is 0 Å². The highest BCUT2D eigenvalue weighted by Crippen LogP contribution is 2.20. The maximum Gasteiger partial charge on any atom is 0.331 e. The zero-order valence-corrected chi connectivity index (χ0v) is 8.21. The Hall–Kier alpha value is -0.840. The Bertz CT molecular complexity index is 315. The summed E-state index contributed by atoms with van der Waals surface area (Å²) < 4.78 is 27.2. The van der Waals surface area contributed by atoms with E-state index >= 15 is 0 Å². The average molecular weight is 204 g/mol. The normalized spacial score (nSPS) is 26.4. The first-order chi connectivity index (χ1) is 6.06. The van der Waals surface area contributed by atoms with Gasteiger partial charge in [0.05, 0.1) is 5.75 Å². The summed E-state index contributed by atoms with van der Waals surface area (Å²) in [5, 5.41) is 0. The van der Waals surface area contributed by atoms with Crippen LogP contribution in [0.1, 0.15) is 19.8 Å². The third-order valence-electron chi connectivity index (χ3n) is 1.82. The minimum atomic E-state index is -3.18. The van der Waals surface area contributed by atoms with Gasteiger partial charge in [-0.25, -0.2) is 13.2 Å². The molecule has 0 bridgehead atoms. The molecule has 1 atom stereocenters. The first-order valence-corrected chi connectivity index (χ1v) is 5.82. The van der Waals surface area contributed by atoms with Crippen LogP contribution < -0.4 is 0 Å². The summed E-state index contributed by atoms with van der Waals surface area (Å²) in [6, 6.07) is 0. The molecule has 1 heterocycles. The highest BCUT2D eigenvalue weighted by atomic mass is 32.2. The van der Waals surface area contributed by atoms with Crippen LogP contribution in [0.3, 0.4) is 0 Å². The van der Waals surface area contributed by atoms with Gasteiger partial charge in [0.1, 0.15) is 0 Å². The molecular weight excluding hydrogens is 192 g/mol. The Labute approximate surface area is 77.5 Å². The van der Waals surface area contributed by atoms with Crippen LogP contribution in [0.4, 0.5) is 0 Å². The predicted molar refractivity (Wildman–Crippen MR) is 47.7 cm³/mol. The van der Waals surface area contributed by atoms with E-state index in [1.807, 2.05) is 0 Å². The topological polar surface area (TPSA) is 60.4 Å². The molecule has 0 saturated carbocycles. The van der Waals surface area contributed by atoms with Crippen LogP contribution in [0.5, 0.6) is 0 Å². The Kier molecular flexibility index (Phi) is 3.08. The number of rotatable bonds is 2. The zero-order valence-electron chi connectivity index (χ0n) is 7.39. The summed E-state index contributed by atoms with van der Waals surface area (Å²) in [6.07, 6.45) is 3.74. The second-order valence-corrected chi connectivity index (χ2v) is 5.14. The molecular formula is C8H12O4S. The predicted octanol–water partition coefficient (Wildman–Crippen LogP) is 0.640. The Morgan fingerprint density at radius 3 is 2.69 bits per heavy atom. The van der Waals surface area contributed by atoms with Crippen molar-refractivity contribution >= 4 is 15.8 Å². The van der Waals surface area contributed by atoms with Crippen molar-refractivity contribution in [2.24, 2.45) is 0 Å². The van der Waals surface area contributed by atoms with Crippen LogP contribution in [-0.2, 0) is 19.4 Å². The van der Waals surface area contributed by atoms with Crippen LogP contribution >= 0.6 is 0 Å². The van der Waals surface area contributed by atoms with Gasteiger partial charge in [0.2, 0.25) is 5.44 Å². The quantitative estimate of drug-likeness (QED) is 0.489. The fourth-order valence-corrected chi connectivity index (χ4v) is 2.80. The molecule has 0 aromatic rings. The lowest BCUT2D eigenvalue weighted by molar-refractivity contribution is -0.139. The molecule has 1 aliphatic rings. The van der Waals surface area contributed by atoms with Crippen molar-refractivity contribution in [1.29, 1.82) is 0 Å². The van der Waals surface area contributed by atoms with E-state index in [4.69, 9.17) is 4.74 Å². The molecule has 0 N–H and O–H groups in total. The number of allylic oxidation sites excluding steroid dienone is 1. The lowest BCUT2D eigenvalue weighted by Crippen LogP contribution is -2.22. The van der Waals surface area contributed by atoms with E-state index in [2.05, 4.69) is 0 Å². The zero-order chi connectivity index (χ0) is 9.90. The number of ether oxygens (including phenoxy) is 1. The van der Waals surface area contributed by atoms with Gasteiger partial charge in [0.15, 0.2) is 9.84 Å². The van der Waals surface area contributed by atoms with Crippen molar-refractivity contribution in [2.75, 3.05) is 5.75 Å². The van der Waals surface area contributed by atoms with Gasteiger partial charge in [-0.1, -0.05) is 6.08 Å². The fraction of sp³-hybridized carbons (Fsp3) is 0.625. The van der Waals surface area contributed by atoms with Crippen molar-refractivity contribution in [3.8, 4) is 0 Å². The van der Waals surface area contributed by atoms with Gasteiger partial charge >= 0.3 is 5.97 Å². The molecule has 0 radical (unpaired) electrons. The van der Waals surface area contributed by atoms with Gasteiger partial charge in [-0.05, 0) is 19.8 Å². The molecule has 1 unspecified atom stereocenters. The van der Waals surface area contributed by atoms with Crippen LogP contribution in [0.25, 0.3) is 0 Å². The first kappa shape index (κ1) is 10.2. The monoisotopic (exact) mass is 204 g/mol. The summed E-state index contributed by atoms with van der Waals surface area (Å²) in [7, 11) is -3.18. The van der Waals surface area contributed by atoms with Gasteiger partial charge in [-0.15, -0.1) is 0 Å². The molecule has 0 amide bonds. The number of carbonyl (C=O) groups is 1. The second kappa shape index (κ2) is 3.91. The summed E-state index contributed by atoms with van der Waals surface area (Å²) >= 11 is 0. The van der Waals surface area contributed by atoms with E-state index in [1.165, 1.54) is 12.2 Å². The lowest BCUT2D eigenvalue weighted by atomic mass is 10.4. The summed E-state index contributed by atoms with van der Waals surface area (Å²) in [5.41, 5.74) is -0.920. The number of carbonyl (C=O) groups excluding carboxylic acids is 1. The van der Waals surface area contributed by atoms with E-state index in [0.29, 0.717) is 12.8 Å². The van der Waals surface area contributed by atoms with Crippen molar-refractivity contribution in [2.45, 2.75) is 25.2 Å². The summed E-state index contributed by atoms with van der Waals surface area (Å²) in [5.74, 6) is -0.459. The standard InChI is InChI=1S/C8H12O4S/c1-2-4-7(9)12-8-5-3-6-13(8,10)11/h2,4,8H,3,5-6H2,1H3. The SMILES string of the molecule is CC=CC(=O)OC1CCCS1(=O)=O. The van der Waals surface area contributed by atoms with E-state index in [1.54, 1.807) is 6.92 Å². The molecule has 13 heavy (non-hydrogen) atoms. The molecule has 0 aromatic carbocycles. The molecule has 4 nitrogen and oxygen atoms in total. The van der Waals surface area contributed by atoms with Crippen LogP contribution in [0, 0.1) is 0 Å². The third kappa shape index (κ3) is 2.55. The number of esters is 1. The Morgan fingerprint density at radius 1 is 1.54 bits per heavy atom. The highest BCUT2D eigenvalue weighted by Gasteiger charge is 2.33. The van der Waals surface area contributed by atoms with Crippen molar-refractivity contribution in [3.63, 3.8) is 0 Å². The maximum atomic E-state index is 11.2. The third-order valence-corrected chi connectivity index (χ3v) is 3.81. The number of hydrogen-bond donors (Lipinski definition) is 0. The van der Waals surface area contributed by atoms with E-state index < -0.39 is 21.2 Å². The molecule has 0 spiro atoms. The highest BCUT2D eigenvalue weighted by molar-refractivity contribution is 7.92. The molecule has 1 aliphatic heterocycles. The van der Waals surface area contributed by atoms with Crippen molar-refractivity contribution in [1.82, 2.24) is 0 Å². The minimum absolute atomic E-state index is 0.126. The largest absolute Gasteiger partial charge is 0.443 e. The minimum Gasteiger partial charge on any atom is -0.443 e. The van der Waals surface area contributed by atoms with Gasteiger partial charge < -0.3 is 4.74 Å². The van der Waals surface area contributed by atoms with Crippen LogP contribution in [0.2, 0.25) is 0 Å². The molecule has 0 aliphatic carbocycles. The van der Waals surface area contributed by atoms with Crippen molar-refractivity contribution in [3.05, 3.63) is 12.2 Å². The molecule has 1 rings (SSSR count). The lowest BCUT2D eigenvalue weighted by Gasteiger charge is -2.08. The van der Waals surface area contributed by atoms with E-state index in [9.17, 15) is 13.2 Å². The number of sulfone groups is 1. The fourth-order valence-electron chi connectivity index (χ4n) is 1.20. The average Bonchev–Trinajstić information content (AvgIpc) is 2.31. The first-order valence-electron chi connectivity index (χ1n) is 4.11. The smallest absolute Gasteiger partial charge is 0.331 e. The van der Waals surface area contributed by atoms with Crippen LogP contribution in [-0.4, -0.2) is 25.6 Å². The van der Waals surface area contributed by atoms with Crippen molar-refractivity contribution < 1.29 is 17.9 Å². The van der Waals surface area contributed by atoms with E-state index in [-0.39, 0.29) is 5.75 Å². The molecule has 74 valence electrons.